The summed E-state index contributed by atoms with van der Waals surface area (Å²) in [5.41, 5.74) is 3.61. The summed E-state index contributed by atoms with van der Waals surface area (Å²) in [7, 11) is 0. The molecule has 1 amide bonds. The first-order chi connectivity index (χ1) is 12.5. The maximum atomic E-state index is 12.9. The van der Waals surface area contributed by atoms with Crippen LogP contribution in [0.4, 0.5) is 5.69 Å². The van der Waals surface area contributed by atoms with Crippen LogP contribution in [0.25, 0.3) is 0 Å². The van der Waals surface area contributed by atoms with Crippen LogP contribution in [0.3, 0.4) is 0 Å². The molecule has 2 N–H and O–H groups in total. The number of anilines is 1. The molecule has 0 aliphatic carbocycles. The van der Waals surface area contributed by atoms with E-state index in [1.54, 1.807) is 30.3 Å². The van der Waals surface area contributed by atoms with Crippen LogP contribution in [0.1, 0.15) is 31.2 Å². The van der Waals surface area contributed by atoms with Crippen LogP contribution >= 0.6 is 11.3 Å². The van der Waals surface area contributed by atoms with Crippen molar-refractivity contribution in [3.63, 3.8) is 0 Å². The second-order valence-corrected chi connectivity index (χ2v) is 7.01. The maximum Gasteiger partial charge on any atom is 0.263 e. The van der Waals surface area contributed by atoms with Gasteiger partial charge in [0.25, 0.3) is 5.91 Å². The van der Waals surface area contributed by atoms with Crippen LogP contribution < -0.4 is 10.6 Å². The van der Waals surface area contributed by atoms with Crippen LogP contribution in [-0.4, -0.2) is 17.9 Å². The summed E-state index contributed by atoms with van der Waals surface area (Å²) in [4.78, 5) is 26.0. The molecule has 5 heteroatoms. The molecule has 0 aliphatic rings. The van der Waals surface area contributed by atoms with Gasteiger partial charge in [0.05, 0.1) is 4.88 Å². The molecular weight excluding hydrogens is 344 g/mol. The van der Waals surface area contributed by atoms with E-state index in [0.717, 1.165) is 11.3 Å². The molecule has 132 valence electrons. The molecule has 0 bridgehead atoms. The Labute approximate surface area is 156 Å². The van der Waals surface area contributed by atoms with Crippen molar-refractivity contribution in [2.45, 2.75) is 20.0 Å². The van der Waals surface area contributed by atoms with E-state index in [1.807, 2.05) is 49.6 Å². The van der Waals surface area contributed by atoms with Crippen molar-refractivity contribution >= 4 is 28.7 Å². The number of ketones is 1. The number of hydrogen-bond donors (Lipinski definition) is 2. The van der Waals surface area contributed by atoms with Gasteiger partial charge in [0, 0.05) is 11.3 Å². The fourth-order valence-corrected chi connectivity index (χ4v) is 3.17. The van der Waals surface area contributed by atoms with Crippen LogP contribution in [0.5, 0.6) is 0 Å². The lowest BCUT2D eigenvalue weighted by molar-refractivity contribution is 0.0872. The quantitative estimate of drug-likeness (QED) is 0.503. The highest BCUT2D eigenvalue weighted by molar-refractivity contribution is 7.12. The molecule has 1 unspecified atom stereocenters. The van der Waals surface area contributed by atoms with Gasteiger partial charge in [0.15, 0.2) is 6.17 Å². The molecule has 26 heavy (non-hydrogen) atoms. The third-order valence-electron chi connectivity index (χ3n) is 4.16. The lowest BCUT2D eigenvalue weighted by atomic mass is 10.1. The number of benzene rings is 2. The number of thiophene rings is 1. The second-order valence-electron chi connectivity index (χ2n) is 6.06. The Kier molecular flexibility index (Phi) is 5.49. The van der Waals surface area contributed by atoms with Gasteiger partial charge >= 0.3 is 0 Å². The number of Topliss-reactive ketones (excluding diaryl/α,β-unsaturated/α-hetero) is 1. The summed E-state index contributed by atoms with van der Waals surface area (Å²) in [6, 6.07) is 18.4. The number of carbonyl (C=O) groups is 2. The highest BCUT2D eigenvalue weighted by atomic mass is 32.1. The standard InChI is InChI=1S/C21H20N2O2S/c1-14-10-11-17(13-15(14)2)22-20(19(24)16-7-4-3-5-8-16)23-21(25)18-9-6-12-26-18/h3-13,20,22H,1-2H3,(H,23,25). The van der Waals surface area contributed by atoms with Crippen molar-refractivity contribution in [3.05, 3.63) is 87.6 Å². The second kappa shape index (κ2) is 7.97. The molecule has 0 spiro atoms. The number of rotatable bonds is 6. The van der Waals surface area contributed by atoms with Crippen molar-refractivity contribution in [1.29, 1.82) is 0 Å². The number of amides is 1. The Morgan fingerprint density at radius 1 is 0.923 bits per heavy atom. The van der Waals surface area contributed by atoms with Gasteiger partial charge in [-0.2, -0.15) is 0 Å². The average molecular weight is 364 g/mol. The monoisotopic (exact) mass is 364 g/mol. The van der Waals surface area contributed by atoms with E-state index in [2.05, 4.69) is 10.6 Å². The van der Waals surface area contributed by atoms with Crippen LogP contribution in [0.15, 0.2) is 66.0 Å². The summed E-state index contributed by atoms with van der Waals surface area (Å²) >= 11 is 1.34. The van der Waals surface area contributed by atoms with Gasteiger partial charge < -0.3 is 10.6 Å². The molecule has 0 radical (unpaired) electrons. The van der Waals surface area contributed by atoms with Gasteiger partial charge in [-0.25, -0.2) is 0 Å². The highest BCUT2D eigenvalue weighted by Crippen LogP contribution is 2.17. The molecule has 4 nitrogen and oxygen atoms in total. The molecule has 0 fully saturated rings. The number of carbonyl (C=O) groups excluding carboxylic acids is 2. The van der Waals surface area contributed by atoms with E-state index in [1.165, 1.54) is 16.9 Å². The molecule has 3 rings (SSSR count). The van der Waals surface area contributed by atoms with Gasteiger partial charge in [0.2, 0.25) is 5.78 Å². The van der Waals surface area contributed by atoms with Gasteiger partial charge in [-0.3, -0.25) is 9.59 Å². The van der Waals surface area contributed by atoms with E-state index in [0.29, 0.717) is 10.4 Å². The smallest absolute Gasteiger partial charge is 0.263 e. The molecule has 1 atom stereocenters. The fourth-order valence-electron chi connectivity index (χ4n) is 2.54. The van der Waals surface area contributed by atoms with Gasteiger partial charge in [-0.15, -0.1) is 11.3 Å². The number of aryl methyl sites for hydroxylation is 2. The number of hydrogen-bond acceptors (Lipinski definition) is 4. The molecule has 0 aliphatic heterocycles. The Morgan fingerprint density at radius 2 is 1.69 bits per heavy atom. The predicted octanol–water partition coefficient (Wildman–Crippen LogP) is 4.42. The highest BCUT2D eigenvalue weighted by Gasteiger charge is 2.23. The SMILES string of the molecule is Cc1ccc(NC(NC(=O)c2cccs2)C(=O)c2ccccc2)cc1C. The zero-order chi connectivity index (χ0) is 18.5. The summed E-state index contributed by atoms with van der Waals surface area (Å²) in [6.45, 7) is 4.04. The third kappa shape index (κ3) is 4.18. The first kappa shape index (κ1) is 17.9. The Bertz CT molecular complexity index is 905. The van der Waals surface area contributed by atoms with Crippen LogP contribution in [0, 0.1) is 13.8 Å². The topological polar surface area (TPSA) is 58.2 Å². The lowest BCUT2D eigenvalue weighted by Gasteiger charge is -2.20. The van der Waals surface area contributed by atoms with Crippen molar-refractivity contribution in [2.24, 2.45) is 0 Å². The predicted molar refractivity (Wildman–Crippen MR) is 106 cm³/mol. The molecule has 1 aromatic heterocycles. The first-order valence-corrected chi connectivity index (χ1v) is 9.20. The minimum absolute atomic E-state index is 0.186. The van der Waals surface area contributed by atoms with E-state index in [9.17, 15) is 9.59 Å². The summed E-state index contributed by atoms with van der Waals surface area (Å²) in [6.07, 6.45) is -0.853. The normalized spacial score (nSPS) is 11.6. The Balaban J connectivity index is 1.86. The Hall–Kier alpha value is -2.92. The van der Waals surface area contributed by atoms with E-state index in [4.69, 9.17) is 0 Å². The van der Waals surface area contributed by atoms with Gasteiger partial charge in [-0.1, -0.05) is 42.5 Å². The summed E-state index contributed by atoms with van der Waals surface area (Å²) in [5.74, 6) is -0.459. The fraction of sp³-hybridized carbons (Fsp3) is 0.143. The molecule has 0 saturated heterocycles. The average Bonchev–Trinajstić information content (AvgIpc) is 3.19. The first-order valence-electron chi connectivity index (χ1n) is 8.32. The summed E-state index contributed by atoms with van der Waals surface area (Å²) in [5, 5.41) is 7.81. The third-order valence-corrected chi connectivity index (χ3v) is 5.03. The molecule has 0 saturated carbocycles. The van der Waals surface area contributed by atoms with Gasteiger partial charge in [-0.05, 0) is 48.6 Å². The maximum absolute atomic E-state index is 12.9. The number of nitrogens with one attached hydrogen (secondary N) is 2. The van der Waals surface area contributed by atoms with E-state index in [-0.39, 0.29) is 11.7 Å². The molecule has 3 aromatic rings. The molecule has 1 heterocycles. The Morgan fingerprint density at radius 3 is 2.35 bits per heavy atom. The molecular formula is C21H20N2O2S. The van der Waals surface area contributed by atoms with Crippen molar-refractivity contribution in [1.82, 2.24) is 5.32 Å². The zero-order valence-corrected chi connectivity index (χ0v) is 15.5. The van der Waals surface area contributed by atoms with Crippen molar-refractivity contribution < 1.29 is 9.59 Å². The van der Waals surface area contributed by atoms with Crippen molar-refractivity contribution in [3.8, 4) is 0 Å². The van der Waals surface area contributed by atoms with Crippen LogP contribution in [-0.2, 0) is 0 Å². The largest absolute Gasteiger partial charge is 0.359 e. The van der Waals surface area contributed by atoms with E-state index >= 15 is 0 Å². The summed E-state index contributed by atoms with van der Waals surface area (Å²) < 4.78 is 0. The molecule has 2 aromatic carbocycles. The zero-order valence-electron chi connectivity index (χ0n) is 14.7. The lowest BCUT2D eigenvalue weighted by Crippen LogP contribution is -2.46. The van der Waals surface area contributed by atoms with E-state index < -0.39 is 6.17 Å². The minimum Gasteiger partial charge on any atom is -0.359 e. The van der Waals surface area contributed by atoms with Crippen LogP contribution in [0.2, 0.25) is 0 Å². The van der Waals surface area contributed by atoms with Crippen molar-refractivity contribution in [2.75, 3.05) is 5.32 Å². The van der Waals surface area contributed by atoms with Gasteiger partial charge in [0.1, 0.15) is 0 Å². The minimum atomic E-state index is -0.853.